The maximum atomic E-state index is 4.32. The van der Waals surface area contributed by atoms with Crippen LogP contribution in [0.15, 0.2) is 17.1 Å². The van der Waals surface area contributed by atoms with Gasteiger partial charge in [0, 0.05) is 19.2 Å². The van der Waals surface area contributed by atoms with Crippen molar-refractivity contribution in [3.05, 3.63) is 12.2 Å². The summed E-state index contributed by atoms with van der Waals surface area (Å²) in [4.78, 5) is 4.32. The number of hydrogen-bond acceptors (Lipinski definition) is 2. The third-order valence-electron chi connectivity index (χ3n) is 2.98. The van der Waals surface area contributed by atoms with Crippen LogP contribution in [0.25, 0.3) is 0 Å². The van der Waals surface area contributed by atoms with Gasteiger partial charge in [-0.15, -0.1) is 0 Å². The molecule has 0 bridgehead atoms. The highest BCUT2D eigenvalue weighted by Gasteiger charge is 2.05. The second-order valence-corrected chi connectivity index (χ2v) is 4.52. The molecule has 1 rings (SSSR count). The number of hydrogen-bond donors (Lipinski definition) is 1. The van der Waals surface area contributed by atoms with Gasteiger partial charge in [0.1, 0.15) is 6.17 Å². The average molecular weight is 222 g/mol. The van der Waals surface area contributed by atoms with E-state index >= 15 is 0 Å². The predicted molar refractivity (Wildman–Crippen MR) is 72.0 cm³/mol. The molecule has 0 aliphatic carbocycles. The van der Waals surface area contributed by atoms with Crippen molar-refractivity contribution in [2.24, 2.45) is 4.99 Å². The monoisotopic (exact) mass is 222 g/mol. The van der Waals surface area contributed by atoms with Gasteiger partial charge in [0.25, 0.3) is 0 Å². The standard InChI is InChI=1S/C14H26N2/c1-2-3-4-5-6-7-8-9-10-11-14-15-12-13-16-14/h9-10,12,14,16H,2-8,11,13H2,1H3/b10-9+. The van der Waals surface area contributed by atoms with E-state index in [1.54, 1.807) is 0 Å². The molecule has 1 atom stereocenters. The molecule has 0 fully saturated rings. The molecule has 1 unspecified atom stereocenters. The van der Waals surface area contributed by atoms with Gasteiger partial charge in [0.05, 0.1) is 0 Å². The lowest BCUT2D eigenvalue weighted by Gasteiger charge is -2.02. The zero-order valence-electron chi connectivity index (χ0n) is 10.6. The van der Waals surface area contributed by atoms with Gasteiger partial charge in [-0.1, -0.05) is 51.2 Å². The van der Waals surface area contributed by atoms with E-state index in [-0.39, 0.29) is 0 Å². The Kier molecular flexibility index (Phi) is 8.05. The highest BCUT2D eigenvalue weighted by atomic mass is 15.1. The summed E-state index contributed by atoms with van der Waals surface area (Å²) >= 11 is 0. The van der Waals surface area contributed by atoms with Crippen LogP contribution in [-0.4, -0.2) is 18.9 Å². The second kappa shape index (κ2) is 9.59. The largest absolute Gasteiger partial charge is 0.290 e. The van der Waals surface area contributed by atoms with Crippen molar-refractivity contribution in [3.63, 3.8) is 0 Å². The Bertz CT molecular complexity index is 209. The lowest BCUT2D eigenvalue weighted by molar-refractivity contribution is 0.603. The van der Waals surface area contributed by atoms with Crippen molar-refractivity contribution < 1.29 is 0 Å². The molecule has 1 N–H and O–H groups in total. The Morgan fingerprint density at radius 3 is 2.75 bits per heavy atom. The fourth-order valence-electron chi connectivity index (χ4n) is 1.95. The van der Waals surface area contributed by atoms with Crippen LogP contribution in [-0.2, 0) is 0 Å². The van der Waals surface area contributed by atoms with Crippen LogP contribution < -0.4 is 5.32 Å². The van der Waals surface area contributed by atoms with Crippen molar-refractivity contribution in [2.75, 3.05) is 6.54 Å². The fraction of sp³-hybridized carbons (Fsp3) is 0.786. The zero-order valence-corrected chi connectivity index (χ0v) is 10.6. The normalized spacial score (nSPS) is 19.9. The Hall–Kier alpha value is -0.630. The number of nitrogens with one attached hydrogen (secondary N) is 1. The summed E-state index contributed by atoms with van der Waals surface area (Å²) in [5, 5.41) is 3.31. The fourth-order valence-corrected chi connectivity index (χ4v) is 1.95. The first-order valence-corrected chi connectivity index (χ1v) is 6.83. The van der Waals surface area contributed by atoms with E-state index in [2.05, 4.69) is 29.4 Å². The van der Waals surface area contributed by atoms with E-state index in [9.17, 15) is 0 Å². The van der Waals surface area contributed by atoms with Crippen LogP contribution in [0.2, 0.25) is 0 Å². The lowest BCUT2D eigenvalue weighted by atomic mass is 10.1. The summed E-state index contributed by atoms with van der Waals surface area (Å²) in [5.41, 5.74) is 0. The number of nitrogens with zero attached hydrogens (tertiary/aromatic N) is 1. The first-order chi connectivity index (χ1) is 7.93. The predicted octanol–water partition coefficient (Wildman–Crippen LogP) is 3.68. The maximum absolute atomic E-state index is 4.32. The molecule has 1 aliphatic heterocycles. The molecule has 0 aromatic carbocycles. The first-order valence-electron chi connectivity index (χ1n) is 6.83. The summed E-state index contributed by atoms with van der Waals surface area (Å²) in [6.07, 6.45) is 17.5. The first kappa shape index (κ1) is 13.4. The van der Waals surface area contributed by atoms with Gasteiger partial charge in [0.15, 0.2) is 0 Å². The molecule has 92 valence electrons. The molecule has 1 aliphatic rings. The highest BCUT2D eigenvalue weighted by Crippen LogP contribution is 2.07. The third-order valence-corrected chi connectivity index (χ3v) is 2.98. The molecule has 0 amide bonds. The van der Waals surface area contributed by atoms with E-state index in [0.717, 1.165) is 13.0 Å². The van der Waals surface area contributed by atoms with Gasteiger partial charge < -0.3 is 0 Å². The van der Waals surface area contributed by atoms with Gasteiger partial charge >= 0.3 is 0 Å². The van der Waals surface area contributed by atoms with Crippen molar-refractivity contribution in [2.45, 2.75) is 64.5 Å². The van der Waals surface area contributed by atoms with Crippen LogP contribution in [0.1, 0.15) is 58.3 Å². The Balaban J connectivity index is 1.83. The van der Waals surface area contributed by atoms with Crippen LogP contribution in [0.4, 0.5) is 0 Å². The van der Waals surface area contributed by atoms with Crippen LogP contribution in [0.3, 0.4) is 0 Å². The van der Waals surface area contributed by atoms with E-state index in [0.29, 0.717) is 6.17 Å². The lowest BCUT2D eigenvalue weighted by Crippen LogP contribution is -2.20. The SMILES string of the molecule is CCCCCCCC/C=C/CC1N=CCN1. The van der Waals surface area contributed by atoms with Crippen molar-refractivity contribution >= 4 is 6.21 Å². The van der Waals surface area contributed by atoms with E-state index < -0.39 is 0 Å². The molecule has 2 heteroatoms. The summed E-state index contributed by atoms with van der Waals surface area (Å²) < 4.78 is 0. The molecule has 0 saturated carbocycles. The average Bonchev–Trinajstić information content (AvgIpc) is 2.80. The molecule has 0 saturated heterocycles. The van der Waals surface area contributed by atoms with Crippen molar-refractivity contribution in [1.29, 1.82) is 0 Å². The summed E-state index contributed by atoms with van der Waals surface area (Å²) in [6, 6.07) is 0. The molecule has 0 spiro atoms. The molecule has 2 nitrogen and oxygen atoms in total. The van der Waals surface area contributed by atoms with Gasteiger partial charge in [-0.05, 0) is 12.8 Å². The minimum atomic E-state index is 0.348. The summed E-state index contributed by atoms with van der Waals surface area (Å²) in [5.74, 6) is 0. The molecule has 0 aromatic rings. The molecule has 1 heterocycles. The molecule has 0 aromatic heterocycles. The summed E-state index contributed by atoms with van der Waals surface area (Å²) in [7, 11) is 0. The van der Waals surface area contributed by atoms with Gasteiger partial charge in [-0.3, -0.25) is 10.3 Å². The molecule has 16 heavy (non-hydrogen) atoms. The summed E-state index contributed by atoms with van der Waals surface area (Å²) in [6.45, 7) is 3.21. The minimum absolute atomic E-state index is 0.348. The van der Waals surface area contributed by atoms with E-state index in [4.69, 9.17) is 0 Å². The van der Waals surface area contributed by atoms with Crippen molar-refractivity contribution in [3.8, 4) is 0 Å². The van der Waals surface area contributed by atoms with Gasteiger partial charge in [-0.2, -0.15) is 0 Å². The zero-order chi connectivity index (χ0) is 11.5. The van der Waals surface area contributed by atoms with Crippen LogP contribution in [0, 0.1) is 0 Å². The van der Waals surface area contributed by atoms with E-state index in [1.807, 2.05) is 6.21 Å². The van der Waals surface area contributed by atoms with Crippen LogP contribution in [0.5, 0.6) is 0 Å². The number of unbranched alkanes of at least 4 members (excludes halogenated alkanes) is 6. The maximum Gasteiger partial charge on any atom is 0.103 e. The smallest absolute Gasteiger partial charge is 0.103 e. The topological polar surface area (TPSA) is 24.4 Å². The molecular formula is C14H26N2. The third kappa shape index (κ3) is 6.78. The van der Waals surface area contributed by atoms with Gasteiger partial charge in [-0.25, -0.2) is 0 Å². The number of rotatable bonds is 9. The highest BCUT2D eigenvalue weighted by molar-refractivity contribution is 5.61. The van der Waals surface area contributed by atoms with E-state index in [1.165, 1.54) is 44.9 Å². The quantitative estimate of drug-likeness (QED) is 0.467. The Morgan fingerprint density at radius 2 is 2.00 bits per heavy atom. The number of aliphatic imine (C=N–C) groups is 1. The Morgan fingerprint density at radius 1 is 1.19 bits per heavy atom. The van der Waals surface area contributed by atoms with Crippen LogP contribution >= 0.6 is 0 Å². The van der Waals surface area contributed by atoms with Crippen molar-refractivity contribution in [1.82, 2.24) is 5.32 Å². The van der Waals surface area contributed by atoms with Gasteiger partial charge in [0.2, 0.25) is 0 Å². The second-order valence-electron chi connectivity index (χ2n) is 4.52. The minimum Gasteiger partial charge on any atom is -0.290 e. The molecule has 0 radical (unpaired) electrons. The number of allylic oxidation sites excluding steroid dienone is 1. The molecular weight excluding hydrogens is 196 g/mol. The Labute approximate surface area is 100 Å².